The molecule has 0 aliphatic heterocycles. The van der Waals surface area contributed by atoms with Gasteiger partial charge in [0.1, 0.15) is 16.7 Å². The van der Waals surface area contributed by atoms with Gasteiger partial charge in [-0.15, -0.1) is 11.8 Å². The van der Waals surface area contributed by atoms with E-state index in [0.717, 1.165) is 23.0 Å². The summed E-state index contributed by atoms with van der Waals surface area (Å²) in [5.41, 5.74) is 2.57. The van der Waals surface area contributed by atoms with Gasteiger partial charge in [-0.3, -0.25) is 0 Å². The highest BCUT2D eigenvalue weighted by atomic mass is 32.2. The first-order chi connectivity index (χ1) is 7.30. The topological polar surface area (TPSA) is 63.8 Å². The van der Waals surface area contributed by atoms with Crippen LogP contribution in [0.4, 0.5) is 5.82 Å². The molecule has 0 spiro atoms. The van der Waals surface area contributed by atoms with Gasteiger partial charge in [-0.1, -0.05) is 20.3 Å². The molecule has 0 saturated heterocycles. The van der Waals surface area contributed by atoms with Crippen LogP contribution in [0.25, 0.3) is 0 Å². The Morgan fingerprint density at radius 2 is 2.20 bits per heavy atom. The summed E-state index contributed by atoms with van der Waals surface area (Å²) in [6.07, 6.45) is 3.25. The maximum absolute atomic E-state index is 5.35. The second-order valence-electron chi connectivity index (χ2n) is 3.21. The van der Waals surface area contributed by atoms with Gasteiger partial charge in [-0.05, 0) is 12.2 Å². The number of anilines is 1. The first-order valence-electron chi connectivity index (χ1n) is 5.27. The van der Waals surface area contributed by atoms with Gasteiger partial charge < -0.3 is 5.43 Å². The molecule has 0 fully saturated rings. The lowest BCUT2D eigenvalue weighted by Crippen LogP contribution is -2.10. The van der Waals surface area contributed by atoms with E-state index in [1.54, 1.807) is 11.8 Å². The predicted molar refractivity (Wildman–Crippen MR) is 64.9 cm³/mol. The standard InChI is InChI=1S/C10H18N4S/c1-3-5-6-15-10-7-9(14-11)12-8(4-2)13-10/h7H,3-6,11H2,1-2H3,(H,12,13,14). The Bertz CT molecular complexity index is 281. The average Bonchev–Trinajstić information content (AvgIpc) is 2.29. The molecule has 0 unspecified atom stereocenters. The highest BCUT2D eigenvalue weighted by Crippen LogP contribution is 2.19. The van der Waals surface area contributed by atoms with Gasteiger partial charge >= 0.3 is 0 Å². The smallest absolute Gasteiger partial charge is 0.144 e. The van der Waals surface area contributed by atoms with Gasteiger partial charge in [0.2, 0.25) is 0 Å². The quantitative estimate of drug-likeness (QED) is 0.256. The number of aromatic nitrogens is 2. The summed E-state index contributed by atoms with van der Waals surface area (Å²) in [6.45, 7) is 4.22. The lowest BCUT2D eigenvalue weighted by atomic mass is 10.4. The van der Waals surface area contributed by atoms with E-state index in [1.165, 1.54) is 12.8 Å². The van der Waals surface area contributed by atoms with E-state index in [4.69, 9.17) is 5.84 Å². The van der Waals surface area contributed by atoms with E-state index >= 15 is 0 Å². The number of nitrogens with two attached hydrogens (primary N) is 1. The summed E-state index contributed by atoms with van der Waals surface area (Å²) in [7, 11) is 0. The molecule has 84 valence electrons. The number of rotatable bonds is 6. The first-order valence-corrected chi connectivity index (χ1v) is 6.26. The molecule has 0 aliphatic rings. The molecular formula is C10H18N4S. The number of hydrogen-bond donors (Lipinski definition) is 2. The van der Waals surface area contributed by atoms with Crippen molar-refractivity contribution in [3.8, 4) is 0 Å². The highest BCUT2D eigenvalue weighted by molar-refractivity contribution is 7.99. The van der Waals surface area contributed by atoms with Crippen molar-refractivity contribution in [2.24, 2.45) is 5.84 Å². The molecule has 1 aromatic heterocycles. The third-order valence-corrected chi connectivity index (χ3v) is 2.96. The van der Waals surface area contributed by atoms with Gasteiger partial charge in [0.15, 0.2) is 0 Å². The van der Waals surface area contributed by atoms with Gasteiger partial charge in [-0.25, -0.2) is 15.8 Å². The number of nitrogen functional groups attached to an aromatic ring is 1. The molecule has 1 aromatic rings. The molecule has 15 heavy (non-hydrogen) atoms. The van der Waals surface area contributed by atoms with Crippen LogP contribution in [0.15, 0.2) is 11.1 Å². The van der Waals surface area contributed by atoms with E-state index in [1.807, 2.05) is 13.0 Å². The van der Waals surface area contributed by atoms with Gasteiger partial charge in [0, 0.05) is 12.5 Å². The molecule has 1 rings (SSSR count). The van der Waals surface area contributed by atoms with Crippen molar-refractivity contribution in [3.05, 3.63) is 11.9 Å². The predicted octanol–water partition coefficient (Wildman–Crippen LogP) is 2.22. The minimum absolute atomic E-state index is 0.695. The van der Waals surface area contributed by atoms with E-state index in [0.29, 0.717) is 5.82 Å². The van der Waals surface area contributed by atoms with Crippen molar-refractivity contribution in [1.82, 2.24) is 9.97 Å². The number of unbranched alkanes of at least 4 members (excludes halogenated alkanes) is 1. The second kappa shape index (κ2) is 6.63. The summed E-state index contributed by atoms with van der Waals surface area (Å²) in [5.74, 6) is 7.98. The largest absolute Gasteiger partial charge is 0.308 e. The van der Waals surface area contributed by atoms with Crippen LogP contribution in [0.2, 0.25) is 0 Å². The Kier molecular flexibility index (Phi) is 5.42. The van der Waals surface area contributed by atoms with Crippen molar-refractivity contribution < 1.29 is 0 Å². The zero-order valence-electron chi connectivity index (χ0n) is 9.29. The lowest BCUT2D eigenvalue weighted by Gasteiger charge is -2.05. The number of nitrogens with zero attached hydrogens (tertiary/aromatic N) is 2. The number of hydrogen-bond acceptors (Lipinski definition) is 5. The van der Waals surface area contributed by atoms with Gasteiger partial charge in [0.25, 0.3) is 0 Å². The van der Waals surface area contributed by atoms with E-state index in [9.17, 15) is 0 Å². The maximum Gasteiger partial charge on any atom is 0.144 e. The molecular weight excluding hydrogens is 208 g/mol. The Balaban J connectivity index is 2.68. The number of hydrazine groups is 1. The monoisotopic (exact) mass is 226 g/mol. The van der Waals surface area contributed by atoms with Crippen molar-refractivity contribution in [2.75, 3.05) is 11.2 Å². The molecule has 0 aliphatic carbocycles. The SMILES string of the molecule is CCCCSc1cc(NN)nc(CC)n1. The Labute approximate surface area is 95.0 Å². The van der Waals surface area contributed by atoms with Gasteiger partial charge in [-0.2, -0.15) is 0 Å². The van der Waals surface area contributed by atoms with Crippen LogP contribution in [0, 0.1) is 0 Å². The van der Waals surface area contributed by atoms with Crippen LogP contribution < -0.4 is 11.3 Å². The zero-order valence-corrected chi connectivity index (χ0v) is 10.1. The van der Waals surface area contributed by atoms with E-state index in [-0.39, 0.29) is 0 Å². The molecule has 0 atom stereocenters. The maximum atomic E-state index is 5.35. The zero-order chi connectivity index (χ0) is 11.1. The molecule has 4 nitrogen and oxygen atoms in total. The molecule has 0 radical (unpaired) electrons. The first kappa shape index (κ1) is 12.3. The van der Waals surface area contributed by atoms with Crippen LogP contribution in [0.3, 0.4) is 0 Å². The van der Waals surface area contributed by atoms with Crippen LogP contribution in [-0.2, 0) is 6.42 Å². The molecule has 0 saturated carbocycles. The van der Waals surface area contributed by atoms with E-state index < -0.39 is 0 Å². The fourth-order valence-electron chi connectivity index (χ4n) is 1.10. The third kappa shape index (κ3) is 4.05. The van der Waals surface area contributed by atoms with E-state index in [2.05, 4.69) is 22.3 Å². The Morgan fingerprint density at radius 3 is 2.80 bits per heavy atom. The van der Waals surface area contributed by atoms with Crippen molar-refractivity contribution in [3.63, 3.8) is 0 Å². The summed E-state index contributed by atoms with van der Waals surface area (Å²) in [5, 5.41) is 1.00. The molecule has 0 aromatic carbocycles. The second-order valence-corrected chi connectivity index (χ2v) is 4.32. The van der Waals surface area contributed by atoms with Gasteiger partial charge in [0.05, 0.1) is 0 Å². The summed E-state index contributed by atoms with van der Waals surface area (Å²) in [6, 6.07) is 1.89. The average molecular weight is 226 g/mol. The van der Waals surface area contributed by atoms with Crippen molar-refractivity contribution >= 4 is 17.6 Å². The lowest BCUT2D eigenvalue weighted by molar-refractivity contribution is 0.876. The highest BCUT2D eigenvalue weighted by Gasteiger charge is 2.02. The minimum atomic E-state index is 0.695. The minimum Gasteiger partial charge on any atom is -0.308 e. The summed E-state index contributed by atoms with van der Waals surface area (Å²) in [4.78, 5) is 8.67. The van der Waals surface area contributed by atoms with Crippen LogP contribution >= 0.6 is 11.8 Å². The number of nitrogens with one attached hydrogen (secondary N) is 1. The Morgan fingerprint density at radius 1 is 1.40 bits per heavy atom. The van der Waals surface area contributed by atoms with Crippen LogP contribution in [0.5, 0.6) is 0 Å². The summed E-state index contributed by atoms with van der Waals surface area (Å²) >= 11 is 1.76. The third-order valence-electron chi connectivity index (χ3n) is 1.96. The summed E-state index contributed by atoms with van der Waals surface area (Å²) < 4.78 is 0. The number of thioether (sulfide) groups is 1. The van der Waals surface area contributed by atoms with Crippen molar-refractivity contribution in [2.45, 2.75) is 38.1 Å². The molecule has 3 N–H and O–H groups in total. The molecule has 1 heterocycles. The van der Waals surface area contributed by atoms with Crippen LogP contribution in [0.1, 0.15) is 32.5 Å². The molecule has 0 bridgehead atoms. The Hall–Kier alpha value is -0.810. The fraction of sp³-hybridized carbons (Fsp3) is 0.600. The number of aryl methyl sites for hydroxylation is 1. The molecule has 0 amide bonds. The molecule has 5 heteroatoms. The normalized spacial score (nSPS) is 10.3. The van der Waals surface area contributed by atoms with Crippen LogP contribution in [-0.4, -0.2) is 15.7 Å². The van der Waals surface area contributed by atoms with Crippen molar-refractivity contribution in [1.29, 1.82) is 0 Å². The fourth-order valence-corrected chi connectivity index (χ4v) is 2.11.